The molecule has 1 aromatic rings. The number of H-pyrrole nitrogens is 1. The van der Waals surface area contributed by atoms with Crippen LogP contribution >= 0.6 is 0 Å². The van der Waals surface area contributed by atoms with E-state index in [9.17, 15) is 4.79 Å². The predicted octanol–water partition coefficient (Wildman–Crippen LogP) is 0.699. The highest BCUT2D eigenvalue weighted by Crippen LogP contribution is 2.02. The average Bonchev–Trinajstić information content (AvgIpc) is 2.23. The minimum Gasteiger partial charge on any atom is -0.383 e. The largest absolute Gasteiger partial charge is 0.383 e. The molecule has 1 rings (SSSR count). The highest BCUT2D eigenvalue weighted by Gasteiger charge is 2.04. The molecule has 0 saturated carbocycles. The number of nitrogens with zero attached hydrogens (tertiary/aromatic N) is 1. The molecular formula is C10H17N3O2. The molecule has 5 nitrogen and oxygen atoms in total. The van der Waals surface area contributed by atoms with E-state index in [-0.39, 0.29) is 5.56 Å². The second kappa shape index (κ2) is 5.50. The van der Waals surface area contributed by atoms with Crippen LogP contribution in [0.5, 0.6) is 0 Å². The zero-order valence-corrected chi connectivity index (χ0v) is 9.39. The van der Waals surface area contributed by atoms with Crippen LogP contribution in [0.2, 0.25) is 0 Å². The molecule has 0 aliphatic carbocycles. The molecule has 0 saturated heterocycles. The van der Waals surface area contributed by atoms with E-state index < -0.39 is 0 Å². The third-order valence-electron chi connectivity index (χ3n) is 2.19. The third kappa shape index (κ3) is 3.06. The molecule has 0 aromatic carbocycles. The van der Waals surface area contributed by atoms with E-state index >= 15 is 0 Å². The van der Waals surface area contributed by atoms with Gasteiger partial charge < -0.3 is 10.1 Å². The van der Waals surface area contributed by atoms with Crippen LogP contribution in [0.3, 0.4) is 0 Å². The van der Waals surface area contributed by atoms with Crippen molar-refractivity contribution in [3.8, 4) is 0 Å². The van der Waals surface area contributed by atoms with E-state index in [0.717, 1.165) is 12.1 Å². The maximum Gasteiger partial charge on any atom is 0.255 e. The van der Waals surface area contributed by atoms with Crippen LogP contribution in [-0.4, -0.2) is 30.2 Å². The van der Waals surface area contributed by atoms with Gasteiger partial charge in [-0.3, -0.25) is 9.78 Å². The molecule has 0 atom stereocenters. The van der Waals surface area contributed by atoms with Crippen molar-refractivity contribution in [3.63, 3.8) is 0 Å². The lowest BCUT2D eigenvalue weighted by Gasteiger charge is -2.07. The average molecular weight is 211 g/mol. The molecule has 0 bridgehead atoms. The SMILES string of the molecule is CCc1nc(NCCOC)[nH]c(=O)c1C. The van der Waals surface area contributed by atoms with E-state index in [2.05, 4.69) is 15.3 Å². The second-order valence-corrected chi connectivity index (χ2v) is 3.26. The van der Waals surface area contributed by atoms with Crippen molar-refractivity contribution >= 4 is 5.95 Å². The van der Waals surface area contributed by atoms with Crippen LogP contribution in [0.4, 0.5) is 5.95 Å². The first-order valence-corrected chi connectivity index (χ1v) is 5.01. The molecule has 0 amide bonds. The molecule has 0 fully saturated rings. The fraction of sp³-hybridized carbons (Fsp3) is 0.600. The monoisotopic (exact) mass is 211 g/mol. The first-order chi connectivity index (χ1) is 7.19. The fourth-order valence-electron chi connectivity index (χ4n) is 1.28. The number of hydrogen-bond acceptors (Lipinski definition) is 4. The lowest BCUT2D eigenvalue weighted by atomic mass is 10.2. The van der Waals surface area contributed by atoms with Crippen molar-refractivity contribution in [2.45, 2.75) is 20.3 Å². The van der Waals surface area contributed by atoms with Crippen molar-refractivity contribution in [1.82, 2.24) is 9.97 Å². The van der Waals surface area contributed by atoms with E-state index in [0.29, 0.717) is 24.7 Å². The van der Waals surface area contributed by atoms with Crippen molar-refractivity contribution in [3.05, 3.63) is 21.6 Å². The third-order valence-corrected chi connectivity index (χ3v) is 2.19. The predicted molar refractivity (Wildman–Crippen MR) is 59.3 cm³/mol. The summed E-state index contributed by atoms with van der Waals surface area (Å²) in [4.78, 5) is 18.5. The van der Waals surface area contributed by atoms with Crippen LogP contribution in [0.1, 0.15) is 18.2 Å². The molecule has 0 aliphatic rings. The molecule has 1 heterocycles. The van der Waals surface area contributed by atoms with Gasteiger partial charge >= 0.3 is 0 Å². The van der Waals surface area contributed by atoms with Crippen molar-refractivity contribution < 1.29 is 4.74 Å². The van der Waals surface area contributed by atoms with Gasteiger partial charge in [-0.25, -0.2) is 4.98 Å². The zero-order valence-electron chi connectivity index (χ0n) is 9.39. The maximum atomic E-state index is 11.5. The standard InChI is InChI=1S/C10H17N3O2/c1-4-8-7(2)9(14)13-10(12-8)11-5-6-15-3/h4-6H2,1-3H3,(H2,11,12,13,14). The summed E-state index contributed by atoms with van der Waals surface area (Å²) in [5.41, 5.74) is 1.44. The summed E-state index contributed by atoms with van der Waals surface area (Å²) >= 11 is 0. The van der Waals surface area contributed by atoms with E-state index in [1.165, 1.54) is 0 Å². The van der Waals surface area contributed by atoms with Gasteiger partial charge in [-0.15, -0.1) is 0 Å². The molecule has 5 heteroatoms. The molecule has 0 unspecified atom stereocenters. The zero-order chi connectivity index (χ0) is 11.3. The number of aromatic amines is 1. The topological polar surface area (TPSA) is 67.0 Å². The van der Waals surface area contributed by atoms with Crippen LogP contribution in [0.25, 0.3) is 0 Å². The second-order valence-electron chi connectivity index (χ2n) is 3.26. The number of anilines is 1. The van der Waals surface area contributed by atoms with Gasteiger partial charge in [0.2, 0.25) is 5.95 Å². The van der Waals surface area contributed by atoms with E-state index in [1.54, 1.807) is 14.0 Å². The summed E-state index contributed by atoms with van der Waals surface area (Å²) < 4.78 is 4.89. The van der Waals surface area contributed by atoms with Crippen LogP contribution < -0.4 is 10.9 Å². The van der Waals surface area contributed by atoms with Gasteiger partial charge in [0.15, 0.2) is 0 Å². The number of methoxy groups -OCH3 is 1. The first kappa shape index (κ1) is 11.7. The lowest BCUT2D eigenvalue weighted by molar-refractivity contribution is 0.210. The Morgan fingerprint density at radius 2 is 2.27 bits per heavy atom. The summed E-state index contributed by atoms with van der Waals surface area (Å²) in [5.74, 6) is 0.513. The van der Waals surface area contributed by atoms with Gasteiger partial charge in [0.1, 0.15) is 0 Å². The Kier molecular flexibility index (Phi) is 4.30. The van der Waals surface area contributed by atoms with E-state index in [1.807, 2.05) is 6.92 Å². The Morgan fingerprint density at radius 1 is 1.53 bits per heavy atom. The number of aryl methyl sites for hydroxylation is 1. The Morgan fingerprint density at radius 3 is 2.87 bits per heavy atom. The van der Waals surface area contributed by atoms with Crippen molar-refractivity contribution in [1.29, 1.82) is 0 Å². The molecule has 0 aliphatic heterocycles. The summed E-state index contributed by atoms with van der Waals surface area (Å²) in [5, 5.41) is 3.00. The van der Waals surface area contributed by atoms with Gasteiger partial charge in [-0.05, 0) is 13.3 Å². The quantitative estimate of drug-likeness (QED) is 0.703. The number of rotatable bonds is 5. The summed E-state index contributed by atoms with van der Waals surface area (Å²) in [6, 6.07) is 0. The molecule has 2 N–H and O–H groups in total. The Hall–Kier alpha value is -1.36. The van der Waals surface area contributed by atoms with Crippen molar-refractivity contribution in [2.24, 2.45) is 0 Å². The van der Waals surface area contributed by atoms with Crippen molar-refractivity contribution in [2.75, 3.05) is 25.6 Å². The van der Waals surface area contributed by atoms with Gasteiger partial charge in [0, 0.05) is 19.2 Å². The molecule has 0 spiro atoms. The molecular weight excluding hydrogens is 194 g/mol. The molecule has 84 valence electrons. The summed E-state index contributed by atoms with van der Waals surface area (Å²) in [6.45, 7) is 4.97. The molecule has 15 heavy (non-hydrogen) atoms. The Balaban J connectivity index is 2.82. The number of aromatic nitrogens is 2. The number of nitrogens with one attached hydrogen (secondary N) is 2. The van der Waals surface area contributed by atoms with Gasteiger partial charge in [-0.2, -0.15) is 0 Å². The Bertz CT molecular complexity index is 373. The summed E-state index contributed by atoms with van der Waals surface area (Å²) in [6.07, 6.45) is 0.759. The molecule has 0 radical (unpaired) electrons. The van der Waals surface area contributed by atoms with Gasteiger partial charge in [-0.1, -0.05) is 6.92 Å². The minimum atomic E-state index is -0.0817. The van der Waals surface area contributed by atoms with Gasteiger partial charge in [0.25, 0.3) is 5.56 Å². The van der Waals surface area contributed by atoms with E-state index in [4.69, 9.17) is 4.74 Å². The number of ether oxygens (including phenoxy) is 1. The van der Waals surface area contributed by atoms with Crippen LogP contribution in [0.15, 0.2) is 4.79 Å². The minimum absolute atomic E-state index is 0.0817. The Labute approximate surface area is 88.9 Å². The molecule has 1 aromatic heterocycles. The normalized spacial score (nSPS) is 10.3. The van der Waals surface area contributed by atoms with Crippen LogP contribution in [0, 0.1) is 6.92 Å². The highest BCUT2D eigenvalue weighted by atomic mass is 16.5. The summed E-state index contributed by atoms with van der Waals surface area (Å²) in [7, 11) is 1.63. The lowest BCUT2D eigenvalue weighted by Crippen LogP contribution is -2.19. The van der Waals surface area contributed by atoms with Crippen LogP contribution in [-0.2, 0) is 11.2 Å². The highest BCUT2D eigenvalue weighted by molar-refractivity contribution is 5.29. The smallest absolute Gasteiger partial charge is 0.255 e. The number of hydrogen-bond donors (Lipinski definition) is 2. The first-order valence-electron chi connectivity index (χ1n) is 5.01. The van der Waals surface area contributed by atoms with Gasteiger partial charge in [0.05, 0.1) is 12.3 Å². The maximum absolute atomic E-state index is 11.5. The fourth-order valence-corrected chi connectivity index (χ4v) is 1.28.